The van der Waals surface area contributed by atoms with Crippen molar-refractivity contribution in [2.24, 2.45) is 0 Å². The zero-order valence-corrected chi connectivity index (χ0v) is 31.8. The maximum Gasteiger partial charge on any atom is 0.335 e. The van der Waals surface area contributed by atoms with Gasteiger partial charge in [-0.25, -0.2) is 4.79 Å². The minimum Gasteiger partial charge on any atom is -0.478 e. The van der Waals surface area contributed by atoms with E-state index in [0.717, 1.165) is 55.1 Å². The number of hydrogen-bond acceptors (Lipinski definition) is 2. The molecule has 49 heavy (non-hydrogen) atoms. The van der Waals surface area contributed by atoms with Gasteiger partial charge in [-0.2, -0.15) is 4.58 Å². The average Bonchev–Trinajstić information content (AvgIpc) is 3.41. The van der Waals surface area contributed by atoms with Gasteiger partial charge >= 0.3 is 5.97 Å². The summed E-state index contributed by atoms with van der Waals surface area (Å²) >= 11 is 7.26. The largest absolute Gasteiger partial charge is 0.478 e. The van der Waals surface area contributed by atoms with Gasteiger partial charge in [-0.15, -0.1) is 0 Å². The van der Waals surface area contributed by atoms with Gasteiger partial charge in [0.1, 0.15) is 6.54 Å². The molecule has 0 saturated heterocycles. The maximum absolute atomic E-state index is 11.9. The molecular weight excluding hydrogens is 624 g/mol. The van der Waals surface area contributed by atoms with E-state index in [0.29, 0.717) is 5.56 Å². The van der Waals surface area contributed by atoms with Crippen LogP contribution < -0.4 is 4.90 Å². The van der Waals surface area contributed by atoms with Crippen molar-refractivity contribution in [3.8, 4) is 0 Å². The van der Waals surface area contributed by atoms with Crippen molar-refractivity contribution in [1.29, 1.82) is 0 Å². The fourth-order valence-electron chi connectivity index (χ4n) is 8.04. The summed E-state index contributed by atoms with van der Waals surface area (Å²) in [5, 5.41) is 10.6. The van der Waals surface area contributed by atoms with Crippen LogP contribution in [0.2, 0.25) is 0 Å². The number of carbonyl (C=O) groups is 1. The molecule has 0 saturated carbocycles. The number of aromatic carboxylic acids is 1. The number of rotatable bonds is 14. The van der Waals surface area contributed by atoms with E-state index >= 15 is 0 Å². The van der Waals surface area contributed by atoms with Crippen molar-refractivity contribution in [1.82, 2.24) is 0 Å². The SMILES string of the molecule is CCCCCCN1C(=CC=C2CCCC(C=CC3=[N+](CCCCCC)c4ccc(C(=O)O)cc4C3(C)C)=C2Cl)C(C)(C)c2cc(C)ccc21. The van der Waals surface area contributed by atoms with Crippen molar-refractivity contribution in [3.63, 3.8) is 0 Å². The number of halogens is 1. The van der Waals surface area contributed by atoms with Crippen LogP contribution in [0.5, 0.6) is 0 Å². The van der Waals surface area contributed by atoms with Gasteiger partial charge in [-0.05, 0) is 93.9 Å². The normalized spacial score (nSPS) is 19.9. The quantitative estimate of drug-likeness (QED) is 0.159. The first-order valence-corrected chi connectivity index (χ1v) is 19.2. The van der Waals surface area contributed by atoms with E-state index in [1.807, 2.05) is 12.1 Å². The number of hydrogen-bond donors (Lipinski definition) is 1. The topological polar surface area (TPSA) is 43.5 Å². The highest BCUT2D eigenvalue weighted by molar-refractivity contribution is 6.32. The summed E-state index contributed by atoms with van der Waals surface area (Å²) in [6.07, 6.45) is 21.8. The molecule has 0 unspecified atom stereocenters. The lowest BCUT2D eigenvalue weighted by molar-refractivity contribution is -0.438. The highest BCUT2D eigenvalue weighted by Crippen LogP contribution is 2.48. The molecule has 2 aromatic rings. The molecule has 0 aromatic heterocycles. The van der Waals surface area contributed by atoms with Gasteiger partial charge in [-0.3, -0.25) is 0 Å². The molecule has 2 heterocycles. The van der Waals surface area contributed by atoms with Crippen LogP contribution in [0.25, 0.3) is 0 Å². The van der Waals surface area contributed by atoms with E-state index in [4.69, 9.17) is 11.6 Å². The Balaban J connectivity index is 1.48. The third-order valence-electron chi connectivity index (χ3n) is 11.0. The first kappa shape index (κ1) is 36.9. The van der Waals surface area contributed by atoms with E-state index < -0.39 is 5.97 Å². The fraction of sp³-hybridized carbons (Fsp3) is 0.500. The summed E-state index contributed by atoms with van der Waals surface area (Å²) in [6, 6.07) is 12.5. The molecule has 0 atom stereocenters. The van der Waals surface area contributed by atoms with Crippen molar-refractivity contribution >= 4 is 34.7 Å². The molecule has 1 N–H and O–H groups in total. The van der Waals surface area contributed by atoms with Crippen LogP contribution in [0, 0.1) is 6.92 Å². The van der Waals surface area contributed by atoms with E-state index in [-0.39, 0.29) is 10.8 Å². The lowest BCUT2D eigenvalue weighted by atomic mass is 9.80. The summed E-state index contributed by atoms with van der Waals surface area (Å²) in [5.74, 6) is -0.884. The third kappa shape index (κ3) is 7.70. The molecule has 0 fully saturated rings. The van der Waals surface area contributed by atoms with Crippen LogP contribution in [0.15, 0.2) is 82.6 Å². The monoisotopic (exact) mass is 681 g/mol. The second kappa shape index (κ2) is 15.7. The number of nitrogens with zero attached hydrogens (tertiary/aromatic N) is 2. The molecule has 4 nitrogen and oxygen atoms in total. The first-order valence-electron chi connectivity index (χ1n) is 18.8. The van der Waals surface area contributed by atoms with Gasteiger partial charge in [0.2, 0.25) is 5.69 Å². The number of anilines is 1. The third-order valence-corrected chi connectivity index (χ3v) is 11.5. The van der Waals surface area contributed by atoms with Gasteiger partial charge < -0.3 is 10.0 Å². The van der Waals surface area contributed by atoms with Gasteiger partial charge in [-0.1, -0.05) is 101 Å². The zero-order valence-electron chi connectivity index (χ0n) is 31.1. The summed E-state index contributed by atoms with van der Waals surface area (Å²) < 4.78 is 2.42. The molecule has 2 aliphatic heterocycles. The second-order valence-corrected chi connectivity index (χ2v) is 15.8. The minimum atomic E-state index is -0.884. The van der Waals surface area contributed by atoms with Crippen molar-refractivity contribution in [3.05, 3.63) is 105 Å². The van der Waals surface area contributed by atoms with Gasteiger partial charge in [0.15, 0.2) is 5.71 Å². The number of carboxylic acid groups (broad SMARTS) is 1. The molecule has 0 amide bonds. The Hall–Kier alpha value is -3.37. The van der Waals surface area contributed by atoms with E-state index in [2.05, 4.69) is 100 Å². The molecule has 262 valence electrons. The number of fused-ring (bicyclic) bond motifs is 2. The van der Waals surface area contributed by atoms with Crippen molar-refractivity contribution < 1.29 is 14.5 Å². The number of allylic oxidation sites excluding steroid dienone is 8. The molecule has 0 radical (unpaired) electrons. The highest BCUT2D eigenvalue weighted by atomic mass is 35.5. The lowest BCUT2D eigenvalue weighted by Gasteiger charge is -2.27. The van der Waals surface area contributed by atoms with Crippen LogP contribution in [0.4, 0.5) is 11.4 Å². The molecule has 5 rings (SSSR count). The average molecular weight is 682 g/mol. The first-order chi connectivity index (χ1) is 23.4. The smallest absolute Gasteiger partial charge is 0.335 e. The molecule has 3 aliphatic rings. The standard InChI is InChI=1S/C44H57ClN2O2/c1-8-10-12-14-27-46-37-23-19-31(3)29-35(37)43(4,5)39(46)25-21-32-17-16-18-33(41(32)45)22-26-40-44(6,7)36-30-34(42(48)49)20-24-38(36)47(40)28-15-13-11-9-2/h19-26,29-30H,8-18,27-28H2,1-7H3/p+1. The number of aryl methyl sites for hydroxylation is 1. The van der Waals surface area contributed by atoms with Crippen LogP contribution in [0.3, 0.4) is 0 Å². The number of unbranched alkanes of at least 4 members (excludes halogenated alkanes) is 6. The lowest BCUT2D eigenvalue weighted by Crippen LogP contribution is -2.28. The van der Waals surface area contributed by atoms with Crippen LogP contribution >= 0.6 is 11.6 Å². The molecule has 2 aromatic carbocycles. The Morgan fingerprint density at radius 3 is 2.33 bits per heavy atom. The van der Waals surface area contributed by atoms with Gasteiger partial charge in [0.05, 0.1) is 11.0 Å². The Labute approximate surface area is 301 Å². The Kier molecular flexibility index (Phi) is 11.8. The molecule has 0 bridgehead atoms. The Morgan fingerprint density at radius 2 is 1.61 bits per heavy atom. The maximum atomic E-state index is 11.9. The predicted octanol–water partition coefficient (Wildman–Crippen LogP) is 12.1. The number of benzene rings is 2. The van der Waals surface area contributed by atoms with E-state index in [9.17, 15) is 9.90 Å². The Bertz CT molecular complexity index is 1720. The molecule has 5 heteroatoms. The summed E-state index contributed by atoms with van der Waals surface area (Å²) in [4.78, 5) is 14.4. The van der Waals surface area contributed by atoms with Gasteiger partial charge in [0.25, 0.3) is 0 Å². The minimum absolute atomic E-state index is 0.0858. The van der Waals surface area contributed by atoms with Crippen molar-refractivity contribution in [2.75, 3.05) is 18.0 Å². The van der Waals surface area contributed by atoms with Crippen LogP contribution in [-0.2, 0) is 10.8 Å². The van der Waals surface area contributed by atoms with Crippen molar-refractivity contribution in [2.45, 2.75) is 130 Å². The fourth-order valence-corrected chi connectivity index (χ4v) is 8.36. The van der Waals surface area contributed by atoms with Crippen LogP contribution in [0.1, 0.15) is 139 Å². The molecular formula is C44H58ClN2O2+. The number of carboxylic acids is 1. The molecule has 0 spiro atoms. The van der Waals surface area contributed by atoms with Gasteiger partial charge in [0, 0.05) is 52.5 Å². The van der Waals surface area contributed by atoms with Crippen LogP contribution in [-0.4, -0.2) is 34.5 Å². The zero-order chi connectivity index (χ0) is 35.3. The predicted molar refractivity (Wildman–Crippen MR) is 208 cm³/mol. The highest BCUT2D eigenvalue weighted by Gasteiger charge is 2.45. The molecule has 1 aliphatic carbocycles. The second-order valence-electron chi connectivity index (χ2n) is 15.4. The Morgan fingerprint density at radius 1 is 0.878 bits per heavy atom. The summed E-state index contributed by atoms with van der Waals surface area (Å²) in [5.41, 5.74) is 11.1. The summed E-state index contributed by atoms with van der Waals surface area (Å²) in [6.45, 7) is 17.8. The summed E-state index contributed by atoms with van der Waals surface area (Å²) in [7, 11) is 0. The van der Waals surface area contributed by atoms with E-state index in [1.54, 1.807) is 6.07 Å². The van der Waals surface area contributed by atoms with E-state index in [1.165, 1.54) is 84.3 Å².